The maximum Gasteiger partial charge on any atom is 0.262 e. The third-order valence-electron chi connectivity index (χ3n) is 8.54. The number of rotatable bonds is 10. The van der Waals surface area contributed by atoms with Crippen LogP contribution in [-0.4, -0.2) is 69.6 Å². The first-order chi connectivity index (χ1) is 21.7. The van der Waals surface area contributed by atoms with E-state index in [0.717, 1.165) is 37.7 Å². The monoisotopic (exact) mass is 728 g/mol. The average Bonchev–Trinajstić information content (AvgIpc) is 3.26. The van der Waals surface area contributed by atoms with Gasteiger partial charge in [0.1, 0.15) is 11.6 Å². The summed E-state index contributed by atoms with van der Waals surface area (Å²) in [6, 6.07) is 11.5. The molecule has 5 rings (SSSR count). The van der Waals surface area contributed by atoms with E-state index in [9.17, 15) is 14.4 Å². The van der Waals surface area contributed by atoms with Gasteiger partial charge in [-0.2, -0.15) is 0 Å². The highest BCUT2D eigenvalue weighted by Crippen LogP contribution is 2.53. The highest BCUT2D eigenvalue weighted by atomic mass is 127. The summed E-state index contributed by atoms with van der Waals surface area (Å²) in [5.41, 5.74) is 0.310. The van der Waals surface area contributed by atoms with E-state index in [2.05, 4.69) is 5.32 Å². The minimum atomic E-state index is -1.45. The Hall–Kier alpha value is -4.00. The van der Waals surface area contributed by atoms with Crippen molar-refractivity contribution >= 4 is 45.8 Å². The molecule has 1 atom stereocenters. The third-order valence-corrected chi connectivity index (χ3v) is 9.54. The van der Waals surface area contributed by atoms with Crippen molar-refractivity contribution < 1.29 is 38.1 Å². The summed E-state index contributed by atoms with van der Waals surface area (Å²) in [6.07, 6.45) is 8.01. The van der Waals surface area contributed by atoms with E-state index in [1.54, 1.807) is 24.3 Å². The summed E-state index contributed by atoms with van der Waals surface area (Å²) in [5.74, 6) is -0.266. The van der Waals surface area contributed by atoms with Crippen LogP contribution in [-0.2, 0) is 23.9 Å². The van der Waals surface area contributed by atoms with E-state index >= 15 is 0 Å². The number of hydrogen-bond donors (Lipinski definition) is 1. The van der Waals surface area contributed by atoms with Crippen molar-refractivity contribution in [2.24, 2.45) is 0 Å². The number of carbonyl (C=O) groups is 3. The number of ketones is 1. The fourth-order valence-electron chi connectivity index (χ4n) is 6.46. The zero-order valence-electron chi connectivity index (χ0n) is 26.0. The molecule has 45 heavy (non-hydrogen) atoms. The molecule has 1 aliphatic heterocycles. The number of Topliss-reactive ketones (excluding diaryl/α,β-unsaturated/α-hetero) is 1. The van der Waals surface area contributed by atoms with E-state index in [4.69, 9.17) is 23.7 Å². The molecule has 1 spiro atoms. The van der Waals surface area contributed by atoms with Crippen molar-refractivity contribution in [1.29, 1.82) is 0 Å². The second kappa shape index (κ2) is 13.6. The molecule has 11 heteroatoms. The Balaban J connectivity index is 1.80. The normalized spacial score (nSPS) is 18.8. The Morgan fingerprint density at radius 2 is 1.44 bits per heavy atom. The number of hydrogen-bond acceptors (Lipinski definition) is 8. The molecule has 3 aliphatic rings. The summed E-state index contributed by atoms with van der Waals surface area (Å²) in [6.45, 7) is 0. The molecule has 2 aromatic carbocycles. The maximum atomic E-state index is 14.6. The fraction of sp³-hybridized carbons (Fsp3) is 0.382. The summed E-state index contributed by atoms with van der Waals surface area (Å²) >= 11 is 2.03. The van der Waals surface area contributed by atoms with Crippen molar-refractivity contribution in [2.75, 3.05) is 35.5 Å². The molecule has 1 unspecified atom stereocenters. The number of nitrogens with one attached hydrogen (secondary N) is 1. The van der Waals surface area contributed by atoms with Crippen molar-refractivity contribution in [3.05, 3.63) is 80.8 Å². The number of ether oxygens (including phenoxy) is 5. The van der Waals surface area contributed by atoms with Crippen molar-refractivity contribution in [3.8, 4) is 17.2 Å². The Morgan fingerprint density at radius 3 is 1.96 bits per heavy atom. The fourth-order valence-corrected chi connectivity index (χ4v) is 7.46. The van der Waals surface area contributed by atoms with Crippen LogP contribution in [0.1, 0.15) is 49.3 Å². The van der Waals surface area contributed by atoms with Gasteiger partial charge in [-0.3, -0.25) is 14.4 Å². The summed E-state index contributed by atoms with van der Waals surface area (Å²) in [7, 11) is 7.26. The lowest BCUT2D eigenvalue weighted by atomic mass is 9.80. The Bertz CT molecular complexity index is 1530. The summed E-state index contributed by atoms with van der Waals surface area (Å²) in [4.78, 5) is 44.1. The number of halogens is 1. The molecule has 2 aromatic rings. The van der Waals surface area contributed by atoms with E-state index in [-0.39, 0.29) is 23.5 Å². The highest BCUT2D eigenvalue weighted by Gasteiger charge is 2.56. The highest BCUT2D eigenvalue weighted by molar-refractivity contribution is 14.1. The second-order valence-corrected chi connectivity index (χ2v) is 12.1. The van der Waals surface area contributed by atoms with Gasteiger partial charge in [-0.1, -0.05) is 49.6 Å². The zero-order chi connectivity index (χ0) is 32.3. The first-order valence-electron chi connectivity index (χ1n) is 14.7. The van der Waals surface area contributed by atoms with Gasteiger partial charge in [0, 0.05) is 11.6 Å². The van der Waals surface area contributed by atoms with Gasteiger partial charge in [0.05, 0.1) is 39.1 Å². The largest absolute Gasteiger partial charge is 0.493 e. The standard InChI is InChI=1S/C34H37IN2O8/c1-41-23-16-21(17-24(42-2)31(23)45-5)29(32(39)36-22-14-10-7-11-15-22)37-33(40)28(35)27(20-12-8-6-9-13-20)34(37)18-25(43-3)30(38)26(19-34)44-4/h6,8-9,12-13,16-19,22,29H,7,10-11,14-15H2,1-5H3,(H,36,39). The van der Waals surface area contributed by atoms with Gasteiger partial charge >= 0.3 is 0 Å². The topological polar surface area (TPSA) is 113 Å². The number of amides is 2. The molecule has 1 saturated carbocycles. The van der Waals surface area contributed by atoms with Gasteiger partial charge in [-0.05, 0) is 70.8 Å². The Labute approximate surface area is 276 Å². The van der Waals surface area contributed by atoms with Gasteiger partial charge in [-0.25, -0.2) is 0 Å². The van der Waals surface area contributed by atoms with Gasteiger partial charge in [0.25, 0.3) is 11.7 Å². The third kappa shape index (κ3) is 5.78. The molecular formula is C34H37IN2O8. The summed E-state index contributed by atoms with van der Waals surface area (Å²) < 4.78 is 28.4. The van der Waals surface area contributed by atoms with Crippen LogP contribution in [0.5, 0.6) is 17.2 Å². The minimum absolute atomic E-state index is 0.0111. The first-order valence-corrected chi connectivity index (χ1v) is 15.8. The predicted molar refractivity (Wildman–Crippen MR) is 176 cm³/mol. The number of methoxy groups -OCH3 is 5. The molecule has 0 bridgehead atoms. The quantitative estimate of drug-likeness (QED) is 0.330. The molecule has 0 saturated heterocycles. The predicted octanol–water partition coefficient (Wildman–Crippen LogP) is 5.27. The van der Waals surface area contributed by atoms with Gasteiger partial charge in [0.2, 0.25) is 11.7 Å². The molecular weight excluding hydrogens is 691 g/mol. The van der Waals surface area contributed by atoms with Crippen LogP contribution in [0.15, 0.2) is 69.7 Å². The van der Waals surface area contributed by atoms with Crippen LogP contribution in [0.3, 0.4) is 0 Å². The summed E-state index contributed by atoms with van der Waals surface area (Å²) in [5, 5.41) is 3.23. The molecule has 2 aliphatic carbocycles. The molecule has 238 valence electrons. The van der Waals surface area contributed by atoms with Crippen molar-refractivity contribution in [3.63, 3.8) is 0 Å². The molecule has 0 aromatic heterocycles. The lowest BCUT2D eigenvalue weighted by Gasteiger charge is -2.43. The van der Waals surface area contributed by atoms with Gasteiger partial charge < -0.3 is 33.9 Å². The SMILES string of the molecule is COC1=CC2(C=C(OC)C1=O)C(c1ccccc1)=C(I)C(=O)N2C(C(=O)NC1CCCCC1)c1cc(OC)c(OC)c(OC)c1. The van der Waals surface area contributed by atoms with E-state index in [1.807, 2.05) is 52.9 Å². The van der Waals surface area contributed by atoms with Crippen molar-refractivity contribution in [2.45, 2.75) is 49.7 Å². The molecule has 1 heterocycles. The van der Waals surface area contributed by atoms with Gasteiger partial charge in [-0.15, -0.1) is 0 Å². The smallest absolute Gasteiger partial charge is 0.262 e. The molecule has 2 amide bonds. The lowest BCUT2D eigenvalue weighted by Crippen LogP contribution is -2.54. The van der Waals surface area contributed by atoms with Crippen LogP contribution in [0.25, 0.3) is 5.57 Å². The Kier molecular flexibility index (Phi) is 9.76. The zero-order valence-corrected chi connectivity index (χ0v) is 28.1. The number of carbonyl (C=O) groups excluding carboxylic acids is 3. The number of nitrogens with zero attached hydrogens (tertiary/aromatic N) is 1. The van der Waals surface area contributed by atoms with Crippen LogP contribution in [0.2, 0.25) is 0 Å². The lowest BCUT2D eigenvalue weighted by molar-refractivity contribution is -0.139. The average molecular weight is 729 g/mol. The maximum absolute atomic E-state index is 14.6. The van der Waals surface area contributed by atoms with E-state index in [0.29, 0.717) is 32.0 Å². The van der Waals surface area contributed by atoms with Gasteiger partial charge in [0.15, 0.2) is 23.0 Å². The van der Waals surface area contributed by atoms with Crippen LogP contribution >= 0.6 is 22.6 Å². The van der Waals surface area contributed by atoms with Crippen LogP contribution in [0.4, 0.5) is 0 Å². The molecule has 1 fully saturated rings. The molecule has 10 nitrogen and oxygen atoms in total. The van der Waals surface area contributed by atoms with E-state index in [1.165, 1.54) is 40.4 Å². The van der Waals surface area contributed by atoms with E-state index < -0.39 is 23.3 Å². The van der Waals surface area contributed by atoms with Crippen LogP contribution in [0, 0.1) is 0 Å². The second-order valence-electron chi connectivity index (χ2n) is 11.0. The van der Waals surface area contributed by atoms with Crippen LogP contribution < -0.4 is 19.5 Å². The minimum Gasteiger partial charge on any atom is -0.493 e. The first kappa shape index (κ1) is 32.4. The Morgan fingerprint density at radius 1 is 0.867 bits per heavy atom. The molecule has 0 radical (unpaired) electrons. The van der Waals surface area contributed by atoms with Crippen molar-refractivity contribution in [1.82, 2.24) is 10.2 Å². The molecule has 1 N–H and O–H groups in total. The number of benzene rings is 2.